The predicted molar refractivity (Wildman–Crippen MR) is 48.7 cm³/mol. The number of nitrogens with zero attached hydrogens (tertiary/aromatic N) is 2. The van der Waals surface area contributed by atoms with Crippen molar-refractivity contribution in [3.8, 4) is 0 Å². The first kappa shape index (κ1) is 9.26. The van der Waals surface area contributed by atoms with Gasteiger partial charge in [0, 0.05) is 12.2 Å². The zero-order valence-corrected chi connectivity index (χ0v) is 8.01. The van der Waals surface area contributed by atoms with Gasteiger partial charge in [-0.25, -0.2) is 0 Å². The molecule has 0 spiro atoms. The number of quaternary nitrogens is 1. The number of rotatable bonds is 4. The molecule has 1 rings (SSSR count). The number of hydrogen-bond acceptors (Lipinski definition) is 1. The Hall–Kier alpha value is -0.830. The topological polar surface area (TPSA) is 45.5 Å². The molecule has 68 valence electrons. The van der Waals surface area contributed by atoms with Crippen LogP contribution in [0.15, 0.2) is 6.07 Å². The Morgan fingerprint density at radius 2 is 2.17 bits per heavy atom. The van der Waals surface area contributed by atoms with E-state index in [1.807, 2.05) is 6.92 Å². The Labute approximate surface area is 73.6 Å². The average molecular weight is 168 g/mol. The highest BCUT2D eigenvalue weighted by molar-refractivity contribution is 5.06. The lowest BCUT2D eigenvalue weighted by molar-refractivity contribution is -0.368. The summed E-state index contributed by atoms with van der Waals surface area (Å²) in [7, 11) is 0. The average Bonchev–Trinajstić information content (AvgIpc) is 2.31. The first-order valence-corrected chi connectivity index (χ1v) is 4.54. The molecule has 0 saturated carbocycles. The Morgan fingerprint density at radius 1 is 1.42 bits per heavy atom. The van der Waals surface area contributed by atoms with Crippen LogP contribution < -0.4 is 5.73 Å². The molecule has 3 N–H and O–H groups in total. The molecule has 3 heteroatoms. The van der Waals surface area contributed by atoms with Crippen molar-refractivity contribution in [1.29, 1.82) is 0 Å². The highest BCUT2D eigenvalue weighted by Gasteiger charge is 1.99. The van der Waals surface area contributed by atoms with Crippen LogP contribution >= 0.6 is 0 Å². The second-order valence-corrected chi connectivity index (χ2v) is 3.21. The van der Waals surface area contributed by atoms with E-state index in [1.54, 1.807) is 0 Å². The summed E-state index contributed by atoms with van der Waals surface area (Å²) in [5.41, 5.74) is 6.19. The van der Waals surface area contributed by atoms with Crippen LogP contribution in [0.1, 0.15) is 24.2 Å². The molecule has 1 aromatic heterocycles. The van der Waals surface area contributed by atoms with Gasteiger partial charge < -0.3 is 5.73 Å². The minimum Gasteiger partial charge on any atom is -0.358 e. The Kier molecular flexibility index (Phi) is 3.29. The van der Waals surface area contributed by atoms with Gasteiger partial charge in [0.25, 0.3) is 0 Å². The van der Waals surface area contributed by atoms with Gasteiger partial charge in [-0.15, -0.1) is 0 Å². The first-order valence-electron chi connectivity index (χ1n) is 4.54. The lowest BCUT2D eigenvalue weighted by Gasteiger charge is -2.01. The molecule has 1 aromatic rings. The molecule has 0 amide bonds. The maximum atomic E-state index is 4.38. The third kappa shape index (κ3) is 2.34. The van der Waals surface area contributed by atoms with Crippen LogP contribution in [0.25, 0.3) is 0 Å². The third-order valence-electron chi connectivity index (χ3n) is 1.97. The smallest absolute Gasteiger partial charge is 0.0740 e. The fourth-order valence-corrected chi connectivity index (χ4v) is 1.34. The van der Waals surface area contributed by atoms with E-state index in [2.05, 4.69) is 28.5 Å². The summed E-state index contributed by atoms with van der Waals surface area (Å²) in [6.07, 6.45) is 2.38. The normalized spacial score (nSPS) is 10.6. The van der Waals surface area contributed by atoms with E-state index in [1.165, 1.54) is 18.5 Å². The minimum absolute atomic E-state index is 1.03. The van der Waals surface area contributed by atoms with E-state index in [-0.39, 0.29) is 0 Å². The summed E-state index contributed by atoms with van der Waals surface area (Å²) in [6.45, 7) is 6.20. The fourth-order valence-electron chi connectivity index (χ4n) is 1.34. The number of unbranched alkanes of at least 4 members (excludes halogenated alkanes) is 1. The van der Waals surface area contributed by atoms with E-state index < -0.39 is 0 Å². The SMILES string of the molecule is Cc1cc(C)n(CCCC[NH3+])n1. The molecule has 0 aliphatic heterocycles. The summed E-state index contributed by atoms with van der Waals surface area (Å²) in [5.74, 6) is 0. The zero-order valence-electron chi connectivity index (χ0n) is 8.01. The van der Waals surface area contributed by atoms with Crippen molar-refractivity contribution in [1.82, 2.24) is 9.78 Å². The Morgan fingerprint density at radius 3 is 2.67 bits per heavy atom. The third-order valence-corrected chi connectivity index (χ3v) is 1.97. The van der Waals surface area contributed by atoms with Gasteiger partial charge >= 0.3 is 0 Å². The lowest BCUT2D eigenvalue weighted by atomic mass is 10.3. The molecule has 3 nitrogen and oxygen atoms in total. The van der Waals surface area contributed by atoms with Crippen LogP contribution in [0.5, 0.6) is 0 Å². The molecule has 0 aliphatic carbocycles. The molecule has 12 heavy (non-hydrogen) atoms. The maximum absolute atomic E-state index is 4.38. The Balaban J connectivity index is 2.45. The van der Waals surface area contributed by atoms with Gasteiger partial charge in [0.05, 0.1) is 12.2 Å². The van der Waals surface area contributed by atoms with Crippen LogP contribution in [-0.2, 0) is 6.54 Å². The van der Waals surface area contributed by atoms with Gasteiger partial charge in [0.1, 0.15) is 0 Å². The van der Waals surface area contributed by atoms with Gasteiger partial charge in [-0.1, -0.05) is 0 Å². The van der Waals surface area contributed by atoms with E-state index in [0.717, 1.165) is 18.8 Å². The molecule has 0 atom stereocenters. The highest BCUT2D eigenvalue weighted by atomic mass is 15.3. The first-order chi connectivity index (χ1) is 5.74. The summed E-state index contributed by atoms with van der Waals surface area (Å²) in [6, 6.07) is 2.12. The standard InChI is InChI=1S/C9H17N3/c1-8-7-9(2)12(11-8)6-4-3-5-10/h7H,3-6,10H2,1-2H3/p+1. The summed E-state index contributed by atoms with van der Waals surface area (Å²) in [4.78, 5) is 0. The number of aromatic nitrogens is 2. The largest absolute Gasteiger partial charge is 0.358 e. The van der Waals surface area contributed by atoms with Crippen molar-refractivity contribution in [3.05, 3.63) is 17.5 Å². The van der Waals surface area contributed by atoms with Crippen molar-refractivity contribution >= 4 is 0 Å². The van der Waals surface area contributed by atoms with Gasteiger partial charge in [-0.3, -0.25) is 4.68 Å². The fraction of sp³-hybridized carbons (Fsp3) is 0.667. The van der Waals surface area contributed by atoms with E-state index in [0.29, 0.717) is 0 Å². The van der Waals surface area contributed by atoms with E-state index in [9.17, 15) is 0 Å². The van der Waals surface area contributed by atoms with Crippen molar-refractivity contribution in [2.24, 2.45) is 0 Å². The summed E-state index contributed by atoms with van der Waals surface area (Å²) >= 11 is 0. The van der Waals surface area contributed by atoms with Gasteiger partial charge in [-0.2, -0.15) is 5.10 Å². The van der Waals surface area contributed by atoms with Crippen molar-refractivity contribution < 1.29 is 5.73 Å². The van der Waals surface area contributed by atoms with E-state index in [4.69, 9.17) is 0 Å². The van der Waals surface area contributed by atoms with Crippen LogP contribution in [0.4, 0.5) is 0 Å². The van der Waals surface area contributed by atoms with E-state index >= 15 is 0 Å². The molecule has 0 aromatic carbocycles. The molecule has 0 aliphatic rings. The van der Waals surface area contributed by atoms with Gasteiger partial charge in [0.2, 0.25) is 0 Å². The molecule has 0 fully saturated rings. The van der Waals surface area contributed by atoms with Crippen LogP contribution in [0.3, 0.4) is 0 Å². The van der Waals surface area contributed by atoms with Crippen LogP contribution in [0, 0.1) is 13.8 Å². The molecule has 0 unspecified atom stereocenters. The molecular weight excluding hydrogens is 150 g/mol. The van der Waals surface area contributed by atoms with Crippen LogP contribution in [-0.4, -0.2) is 16.3 Å². The monoisotopic (exact) mass is 168 g/mol. The second kappa shape index (κ2) is 4.26. The van der Waals surface area contributed by atoms with Gasteiger partial charge in [0.15, 0.2) is 0 Å². The predicted octanol–water partition coefficient (Wildman–Crippen LogP) is 0.522. The minimum atomic E-state index is 1.03. The highest BCUT2D eigenvalue weighted by Crippen LogP contribution is 2.02. The molecule has 0 bridgehead atoms. The summed E-state index contributed by atoms with van der Waals surface area (Å²) in [5, 5.41) is 4.38. The molecular formula is C9H18N3+. The molecule has 0 saturated heterocycles. The molecule has 1 heterocycles. The lowest BCUT2D eigenvalue weighted by Crippen LogP contribution is -2.50. The molecule has 0 radical (unpaired) electrons. The maximum Gasteiger partial charge on any atom is 0.0740 e. The number of hydrogen-bond donors (Lipinski definition) is 1. The Bertz CT molecular complexity index is 240. The quantitative estimate of drug-likeness (QED) is 0.655. The number of aryl methyl sites for hydroxylation is 3. The van der Waals surface area contributed by atoms with Crippen molar-refractivity contribution in [2.45, 2.75) is 33.2 Å². The zero-order chi connectivity index (χ0) is 8.97. The van der Waals surface area contributed by atoms with Gasteiger partial charge in [-0.05, 0) is 32.8 Å². The second-order valence-electron chi connectivity index (χ2n) is 3.21. The van der Waals surface area contributed by atoms with Crippen molar-refractivity contribution in [2.75, 3.05) is 6.54 Å². The summed E-state index contributed by atoms with van der Waals surface area (Å²) < 4.78 is 2.07. The van der Waals surface area contributed by atoms with Crippen molar-refractivity contribution in [3.63, 3.8) is 0 Å². The van der Waals surface area contributed by atoms with Crippen LogP contribution in [0.2, 0.25) is 0 Å².